The Labute approximate surface area is 116 Å². The summed E-state index contributed by atoms with van der Waals surface area (Å²) in [6.45, 7) is 5.26. The van der Waals surface area contributed by atoms with Crippen LogP contribution in [0.5, 0.6) is 0 Å². The fraction of sp³-hybridized carbons (Fsp3) is 0.333. The van der Waals surface area contributed by atoms with Crippen molar-refractivity contribution < 1.29 is 8.42 Å². The number of H-pyrrole nitrogens is 1. The van der Waals surface area contributed by atoms with E-state index in [-0.39, 0.29) is 10.5 Å². The number of nitrogens with zero attached hydrogens (tertiary/aromatic N) is 2. The molecule has 2 N–H and O–H groups in total. The Morgan fingerprint density at radius 2 is 1.95 bits per heavy atom. The van der Waals surface area contributed by atoms with Gasteiger partial charge >= 0.3 is 0 Å². The van der Waals surface area contributed by atoms with E-state index in [4.69, 9.17) is 0 Å². The second kappa shape index (κ2) is 4.88. The topological polar surface area (TPSA) is 96.9 Å². The Balaban J connectivity index is 2.34. The SMILES string of the molecule is CC(C)(C)NS(=O)(=O)c1ccc(-n2[nH]ccc2=O)nc1. The first-order valence-electron chi connectivity index (χ1n) is 5.96. The van der Waals surface area contributed by atoms with E-state index in [1.54, 1.807) is 20.8 Å². The zero-order valence-electron chi connectivity index (χ0n) is 11.4. The van der Waals surface area contributed by atoms with Crippen molar-refractivity contribution in [2.24, 2.45) is 0 Å². The molecule has 0 aliphatic rings. The first kappa shape index (κ1) is 14.5. The first-order chi connectivity index (χ1) is 9.19. The van der Waals surface area contributed by atoms with Gasteiger partial charge in [0.1, 0.15) is 4.90 Å². The largest absolute Gasteiger partial charge is 0.297 e. The minimum absolute atomic E-state index is 0.0516. The molecule has 2 aromatic heterocycles. The fourth-order valence-corrected chi connectivity index (χ4v) is 2.99. The lowest BCUT2D eigenvalue weighted by Crippen LogP contribution is -2.40. The van der Waals surface area contributed by atoms with Crippen LogP contribution in [0.3, 0.4) is 0 Å². The molecule has 2 rings (SSSR count). The van der Waals surface area contributed by atoms with Gasteiger partial charge in [0, 0.05) is 24.0 Å². The lowest BCUT2D eigenvalue weighted by molar-refractivity contribution is 0.491. The quantitative estimate of drug-likeness (QED) is 0.868. The molecule has 0 aliphatic carbocycles. The van der Waals surface area contributed by atoms with Crippen molar-refractivity contribution in [3.63, 3.8) is 0 Å². The van der Waals surface area contributed by atoms with Crippen LogP contribution in [0.25, 0.3) is 5.82 Å². The average Bonchev–Trinajstić information content (AvgIpc) is 2.72. The molecule has 0 aromatic carbocycles. The molecule has 0 saturated carbocycles. The predicted molar refractivity (Wildman–Crippen MR) is 74.3 cm³/mol. The van der Waals surface area contributed by atoms with Crippen molar-refractivity contribution in [3.05, 3.63) is 40.9 Å². The van der Waals surface area contributed by atoms with Crippen molar-refractivity contribution in [3.8, 4) is 5.82 Å². The van der Waals surface area contributed by atoms with Crippen LogP contribution in [0, 0.1) is 0 Å². The van der Waals surface area contributed by atoms with Crippen LogP contribution in [-0.4, -0.2) is 28.7 Å². The van der Waals surface area contributed by atoms with Gasteiger partial charge in [-0.2, -0.15) is 0 Å². The normalized spacial score (nSPS) is 12.6. The summed E-state index contributed by atoms with van der Waals surface area (Å²) in [5, 5.41) is 2.69. The summed E-state index contributed by atoms with van der Waals surface area (Å²) in [6, 6.07) is 4.23. The Hall–Kier alpha value is -1.93. The number of sulfonamides is 1. The molecule has 0 unspecified atom stereocenters. The minimum Gasteiger partial charge on any atom is -0.297 e. The summed E-state index contributed by atoms with van der Waals surface area (Å²) in [5.41, 5.74) is -0.839. The van der Waals surface area contributed by atoms with Gasteiger partial charge in [0.25, 0.3) is 5.56 Å². The second-order valence-corrected chi connectivity index (χ2v) is 7.03. The predicted octanol–water partition coefficient (Wildman–Crippen LogP) is 0.637. The van der Waals surface area contributed by atoms with E-state index in [2.05, 4.69) is 14.8 Å². The number of hydrogen-bond acceptors (Lipinski definition) is 4. The second-order valence-electron chi connectivity index (χ2n) is 5.34. The Kier molecular flexibility index (Phi) is 3.53. The van der Waals surface area contributed by atoms with E-state index in [0.29, 0.717) is 5.82 Å². The van der Waals surface area contributed by atoms with Gasteiger partial charge in [0.2, 0.25) is 10.0 Å². The summed E-state index contributed by atoms with van der Waals surface area (Å²) in [7, 11) is -3.62. The van der Waals surface area contributed by atoms with Gasteiger partial charge in [-0.15, -0.1) is 0 Å². The molecular formula is C12H16N4O3S. The molecule has 0 bridgehead atoms. The Bertz CT molecular complexity index is 751. The van der Waals surface area contributed by atoms with E-state index < -0.39 is 15.6 Å². The van der Waals surface area contributed by atoms with Gasteiger partial charge in [-0.1, -0.05) is 0 Å². The van der Waals surface area contributed by atoms with Crippen molar-refractivity contribution in [1.29, 1.82) is 0 Å². The van der Waals surface area contributed by atoms with Crippen LogP contribution < -0.4 is 10.3 Å². The number of rotatable bonds is 3. The molecule has 0 amide bonds. The van der Waals surface area contributed by atoms with Crippen molar-refractivity contribution in [2.75, 3.05) is 0 Å². The van der Waals surface area contributed by atoms with Crippen molar-refractivity contribution in [1.82, 2.24) is 19.5 Å². The van der Waals surface area contributed by atoms with Crippen LogP contribution in [0.1, 0.15) is 20.8 Å². The molecule has 108 valence electrons. The standard InChI is InChI=1S/C12H16N4O3S/c1-12(2,3)15-20(18,19)9-4-5-10(13-8-9)16-11(17)6-7-14-16/h4-8,14-15H,1-3H3. The van der Waals surface area contributed by atoms with Crippen molar-refractivity contribution in [2.45, 2.75) is 31.2 Å². The fourth-order valence-electron chi connectivity index (χ4n) is 1.63. The van der Waals surface area contributed by atoms with Gasteiger partial charge in [-0.05, 0) is 32.9 Å². The summed E-state index contributed by atoms with van der Waals surface area (Å²) in [4.78, 5) is 15.5. The number of hydrogen-bond donors (Lipinski definition) is 2. The van der Waals surface area contributed by atoms with Gasteiger partial charge in [-0.25, -0.2) is 22.8 Å². The third-order valence-corrected chi connectivity index (χ3v) is 4.09. The monoisotopic (exact) mass is 296 g/mol. The third-order valence-electron chi connectivity index (χ3n) is 2.35. The van der Waals surface area contributed by atoms with Crippen LogP contribution in [0.15, 0.2) is 40.3 Å². The van der Waals surface area contributed by atoms with Crippen LogP contribution in [0.2, 0.25) is 0 Å². The molecule has 2 heterocycles. The van der Waals surface area contributed by atoms with E-state index in [0.717, 1.165) is 0 Å². The maximum atomic E-state index is 12.1. The number of nitrogens with one attached hydrogen (secondary N) is 2. The van der Waals surface area contributed by atoms with E-state index in [1.165, 1.54) is 35.3 Å². The number of pyridine rings is 1. The summed E-state index contributed by atoms with van der Waals surface area (Å²) < 4.78 is 27.9. The van der Waals surface area contributed by atoms with Crippen LogP contribution >= 0.6 is 0 Å². The zero-order valence-corrected chi connectivity index (χ0v) is 12.2. The summed E-state index contributed by atoms with van der Waals surface area (Å²) in [5.74, 6) is 0.328. The van der Waals surface area contributed by atoms with Gasteiger partial charge in [0.05, 0.1) is 0 Å². The minimum atomic E-state index is -3.62. The van der Waals surface area contributed by atoms with Crippen LogP contribution in [-0.2, 0) is 10.0 Å². The van der Waals surface area contributed by atoms with Gasteiger partial charge < -0.3 is 0 Å². The Morgan fingerprint density at radius 3 is 2.40 bits per heavy atom. The highest BCUT2D eigenvalue weighted by Crippen LogP contribution is 2.12. The molecule has 0 aliphatic heterocycles. The molecule has 0 fully saturated rings. The lowest BCUT2D eigenvalue weighted by atomic mass is 10.1. The highest BCUT2D eigenvalue weighted by Gasteiger charge is 2.22. The van der Waals surface area contributed by atoms with Crippen LogP contribution in [0.4, 0.5) is 0 Å². The maximum Gasteiger partial charge on any atom is 0.272 e. The van der Waals surface area contributed by atoms with E-state index in [1.807, 2.05) is 0 Å². The van der Waals surface area contributed by atoms with Gasteiger partial charge in [-0.3, -0.25) is 9.89 Å². The maximum absolute atomic E-state index is 12.1. The number of aromatic nitrogens is 3. The lowest BCUT2D eigenvalue weighted by Gasteiger charge is -2.20. The number of aromatic amines is 1. The first-order valence-corrected chi connectivity index (χ1v) is 7.44. The smallest absolute Gasteiger partial charge is 0.272 e. The van der Waals surface area contributed by atoms with Gasteiger partial charge in [0.15, 0.2) is 5.82 Å². The molecule has 0 radical (unpaired) electrons. The average molecular weight is 296 g/mol. The van der Waals surface area contributed by atoms with Crippen molar-refractivity contribution >= 4 is 10.0 Å². The van der Waals surface area contributed by atoms with E-state index >= 15 is 0 Å². The summed E-state index contributed by atoms with van der Waals surface area (Å²) >= 11 is 0. The molecule has 7 nitrogen and oxygen atoms in total. The molecule has 8 heteroatoms. The highest BCUT2D eigenvalue weighted by atomic mass is 32.2. The molecular weight excluding hydrogens is 280 g/mol. The Morgan fingerprint density at radius 1 is 1.25 bits per heavy atom. The van der Waals surface area contributed by atoms with E-state index in [9.17, 15) is 13.2 Å². The third kappa shape index (κ3) is 3.14. The highest BCUT2D eigenvalue weighted by molar-refractivity contribution is 7.89. The summed E-state index contributed by atoms with van der Waals surface area (Å²) in [6.07, 6.45) is 2.70. The molecule has 0 spiro atoms. The molecule has 2 aromatic rings. The molecule has 0 atom stereocenters. The zero-order chi connectivity index (χ0) is 15.0. The molecule has 20 heavy (non-hydrogen) atoms. The molecule has 0 saturated heterocycles.